The van der Waals surface area contributed by atoms with E-state index in [0.717, 1.165) is 52.1 Å². The van der Waals surface area contributed by atoms with Gasteiger partial charge in [0.05, 0.1) is 5.41 Å². The largest absolute Gasteiger partial charge is 0.454 e. The number of nitrogens with one attached hydrogen (secondary N) is 3. The van der Waals surface area contributed by atoms with Crippen LogP contribution >= 0.6 is 0 Å². The molecular formula is C29H31N3O4. The number of urea groups is 1. The number of carbonyl (C=O) groups excluding carboxylic acids is 2. The van der Waals surface area contributed by atoms with Crippen molar-refractivity contribution in [3.63, 3.8) is 0 Å². The van der Waals surface area contributed by atoms with Crippen LogP contribution in [0.15, 0.2) is 60.7 Å². The summed E-state index contributed by atoms with van der Waals surface area (Å²) in [6.07, 6.45) is 1.61. The maximum absolute atomic E-state index is 13.3. The summed E-state index contributed by atoms with van der Waals surface area (Å²) < 4.78 is 10.9. The lowest BCUT2D eigenvalue weighted by Gasteiger charge is -2.17. The van der Waals surface area contributed by atoms with Gasteiger partial charge in [0.15, 0.2) is 11.5 Å². The summed E-state index contributed by atoms with van der Waals surface area (Å²) in [5.41, 5.74) is 5.44. The van der Waals surface area contributed by atoms with Gasteiger partial charge in [-0.1, -0.05) is 36.4 Å². The minimum Gasteiger partial charge on any atom is -0.454 e. The van der Waals surface area contributed by atoms with E-state index in [-0.39, 0.29) is 24.8 Å². The second kappa shape index (κ2) is 9.57. The van der Waals surface area contributed by atoms with Gasteiger partial charge in [-0.05, 0) is 85.7 Å². The van der Waals surface area contributed by atoms with Gasteiger partial charge in [0.25, 0.3) is 0 Å². The van der Waals surface area contributed by atoms with E-state index in [4.69, 9.17) is 9.47 Å². The lowest BCUT2D eigenvalue weighted by molar-refractivity contribution is -0.118. The molecule has 0 spiro atoms. The summed E-state index contributed by atoms with van der Waals surface area (Å²) in [7, 11) is 0. The third-order valence-corrected chi connectivity index (χ3v) is 6.74. The second-order valence-corrected chi connectivity index (χ2v) is 9.81. The van der Waals surface area contributed by atoms with Crippen LogP contribution in [0.3, 0.4) is 0 Å². The number of rotatable bonds is 7. The van der Waals surface area contributed by atoms with Crippen LogP contribution < -0.4 is 25.4 Å². The molecule has 0 atom stereocenters. The highest BCUT2D eigenvalue weighted by molar-refractivity contribution is 6.02. The molecule has 7 heteroatoms. The van der Waals surface area contributed by atoms with Crippen molar-refractivity contribution in [2.45, 2.75) is 51.6 Å². The Hall–Kier alpha value is -4.00. The van der Waals surface area contributed by atoms with Crippen LogP contribution in [0, 0.1) is 6.92 Å². The maximum atomic E-state index is 13.3. The number of hydrogen-bond acceptors (Lipinski definition) is 4. The van der Waals surface area contributed by atoms with E-state index in [0.29, 0.717) is 12.3 Å². The molecular weight excluding hydrogens is 454 g/mol. The molecule has 5 rings (SSSR count). The standard InChI is InChI=1S/C29H31N3O4/c1-18(2)31-28(34)30-16-20-5-7-21(8-6-20)24-15-23(10-4-19(24)3)32-27(33)29(12-13-29)22-9-11-25-26(14-22)36-17-35-25/h4-11,14-15,18H,12-13,16-17H2,1-3H3,(H,32,33)(H2,30,31,34). The van der Waals surface area contributed by atoms with Gasteiger partial charge in [0.2, 0.25) is 12.7 Å². The number of benzene rings is 3. The van der Waals surface area contributed by atoms with Crippen molar-refractivity contribution in [2.75, 3.05) is 12.1 Å². The molecule has 2 aliphatic rings. The lowest BCUT2D eigenvalue weighted by Crippen LogP contribution is -2.39. The first-order valence-electron chi connectivity index (χ1n) is 12.3. The molecule has 3 amide bonds. The van der Waals surface area contributed by atoms with Gasteiger partial charge in [0.1, 0.15) is 0 Å². The summed E-state index contributed by atoms with van der Waals surface area (Å²) in [6.45, 7) is 6.58. The van der Waals surface area contributed by atoms with E-state index in [1.54, 1.807) is 0 Å². The van der Waals surface area contributed by atoms with E-state index in [1.807, 2.05) is 74.5 Å². The third-order valence-electron chi connectivity index (χ3n) is 6.74. The minimum atomic E-state index is -0.525. The Morgan fingerprint density at radius 3 is 2.42 bits per heavy atom. The van der Waals surface area contributed by atoms with E-state index in [9.17, 15) is 9.59 Å². The lowest BCUT2D eigenvalue weighted by atomic mass is 9.94. The zero-order valence-electron chi connectivity index (χ0n) is 20.8. The van der Waals surface area contributed by atoms with Gasteiger partial charge in [-0.25, -0.2) is 4.79 Å². The SMILES string of the molecule is Cc1ccc(NC(=O)C2(c3ccc4c(c3)OCO4)CC2)cc1-c1ccc(CNC(=O)NC(C)C)cc1. The molecule has 0 bridgehead atoms. The van der Waals surface area contributed by atoms with Crippen LogP contribution in [-0.2, 0) is 16.8 Å². The number of anilines is 1. The molecule has 1 heterocycles. The summed E-state index contributed by atoms with van der Waals surface area (Å²) in [5.74, 6) is 1.42. The summed E-state index contributed by atoms with van der Waals surface area (Å²) in [6, 6.07) is 19.8. The molecule has 7 nitrogen and oxygen atoms in total. The zero-order chi connectivity index (χ0) is 25.3. The zero-order valence-corrected chi connectivity index (χ0v) is 20.8. The Morgan fingerprint density at radius 1 is 0.944 bits per heavy atom. The molecule has 0 aromatic heterocycles. The fourth-order valence-corrected chi connectivity index (χ4v) is 4.53. The molecule has 1 aliphatic carbocycles. The first kappa shape index (κ1) is 23.7. The van der Waals surface area contributed by atoms with Gasteiger partial charge < -0.3 is 25.4 Å². The number of fused-ring (bicyclic) bond motifs is 1. The Labute approximate surface area is 211 Å². The van der Waals surface area contributed by atoms with Crippen LogP contribution in [0.1, 0.15) is 43.4 Å². The first-order valence-corrected chi connectivity index (χ1v) is 12.3. The Kier molecular flexibility index (Phi) is 6.31. The highest BCUT2D eigenvalue weighted by Crippen LogP contribution is 2.51. The highest BCUT2D eigenvalue weighted by Gasteiger charge is 2.51. The van der Waals surface area contributed by atoms with Gasteiger partial charge in [-0.3, -0.25) is 4.79 Å². The van der Waals surface area contributed by atoms with E-state index < -0.39 is 5.41 Å². The Bertz CT molecular complexity index is 1300. The van der Waals surface area contributed by atoms with Crippen LogP contribution in [0.25, 0.3) is 11.1 Å². The van der Waals surface area contributed by atoms with E-state index >= 15 is 0 Å². The van der Waals surface area contributed by atoms with Crippen molar-refractivity contribution >= 4 is 17.6 Å². The van der Waals surface area contributed by atoms with Crippen LogP contribution in [0.5, 0.6) is 11.5 Å². The predicted octanol–water partition coefficient (Wildman–Crippen LogP) is 5.27. The van der Waals surface area contributed by atoms with Crippen molar-refractivity contribution < 1.29 is 19.1 Å². The number of hydrogen-bond donors (Lipinski definition) is 3. The molecule has 1 fully saturated rings. The molecule has 3 N–H and O–H groups in total. The minimum absolute atomic E-state index is 0.00253. The van der Waals surface area contributed by atoms with Crippen LogP contribution in [0.4, 0.5) is 10.5 Å². The van der Waals surface area contributed by atoms with Crippen molar-refractivity contribution in [1.29, 1.82) is 0 Å². The predicted molar refractivity (Wildman–Crippen MR) is 139 cm³/mol. The summed E-state index contributed by atoms with van der Waals surface area (Å²) in [5, 5.41) is 8.83. The van der Waals surface area contributed by atoms with E-state index in [2.05, 4.69) is 22.9 Å². The highest BCUT2D eigenvalue weighted by atomic mass is 16.7. The number of aryl methyl sites for hydroxylation is 1. The molecule has 0 unspecified atom stereocenters. The molecule has 1 aliphatic heterocycles. The molecule has 0 radical (unpaired) electrons. The average Bonchev–Trinajstić information content (AvgIpc) is 3.54. The molecule has 186 valence electrons. The molecule has 1 saturated carbocycles. The quantitative estimate of drug-likeness (QED) is 0.425. The number of ether oxygens (including phenoxy) is 2. The van der Waals surface area contributed by atoms with Gasteiger partial charge in [-0.2, -0.15) is 0 Å². The van der Waals surface area contributed by atoms with Gasteiger partial charge in [-0.15, -0.1) is 0 Å². The number of carbonyl (C=O) groups is 2. The van der Waals surface area contributed by atoms with Crippen molar-refractivity contribution in [3.8, 4) is 22.6 Å². The smallest absolute Gasteiger partial charge is 0.315 e. The first-order chi connectivity index (χ1) is 17.3. The monoisotopic (exact) mass is 485 g/mol. The third kappa shape index (κ3) is 4.87. The average molecular weight is 486 g/mol. The van der Waals surface area contributed by atoms with E-state index in [1.165, 1.54) is 0 Å². The Balaban J connectivity index is 1.28. The molecule has 3 aromatic rings. The van der Waals surface area contributed by atoms with Crippen LogP contribution in [0.2, 0.25) is 0 Å². The molecule has 3 aromatic carbocycles. The molecule has 36 heavy (non-hydrogen) atoms. The van der Waals surface area contributed by atoms with Crippen molar-refractivity contribution in [2.24, 2.45) is 0 Å². The maximum Gasteiger partial charge on any atom is 0.315 e. The van der Waals surface area contributed by atoms with Crippen molar-refractivity contribution in [3.05, 3.63) is 77.4 Å². The Morgan fingerprint density at radius 2 is 1.69 bits per heavy atom. The second-order valence-electron chi connectivity index (χ2n) is 9.81. The van der Waals surface area contributed by atoms with Gasteiger partial charge in [0, 0.05) is 18.3 Å². The number of amides is 3. The summed E-state index contributed by atoms with van der Waals surface area (Å²) >= 11 is 0. The fourth-order valence-electron chi connectivity index (χ4n) is 4.53. The van der Waals surface area contributed by atoms with Crippen LogP contribution in [-0.4, -0.2) is 24.8 Å². The molecule has 0 saturated heterocycles. The normalized spacial score (nSPS) is 14.9. The van der Waals surface area contributed by atoms with Crippen molar-refractivity contribution in [1.82, 2.24) is 10.6 Å². The topological polar surface area (TPSA) is 88.7 Å². The summed E-state index contributed by atoms with van der Waals surface area (Å²) in [4.78, 5) is 25.2. The fraction of sp³-hybridized carbons (Fsp3) is 0.310. The van der Waals surface area contributed by atoms with Gasteiger partial charge >= 0.3 is 6.03 Å².